The van der Waals surface area contributed by atoms with E-state index in [0.29, 0.717) is 17.5 Å². The van der Waals surface area contributed by atoms with Crippen molar-refractivity contribution in [3.63, 3.8) is 0 Å². The van der Waals surface area contributed by atoms with Crippen molar-refractivity contribution in [3.8, 4) is 0 Å². The van der Waals surface area contributed by atoms with Gasteiger partial charge in [-0.2, -0.15) is 23.3 Å². The van der Waals surface area contributed by atoms with Gasteiger partial charge in [0.25, 0.3) is 0 Å². The first-order chi connectivity index (χ1) is 10.9. The third-order valence-electron chi connectivity index (χ3n) is 3.20. The van der Waals surface area contributed by atoms with Gasteiger partial charge in [-0.3, -0.25) is 0 Å². The van der Waals surface area contributed by atoms with Crippen molar-refractivity contribution in [3.05, 3.63) is 36.0 Å². The predicted octanol–water partition coefficient (Wildman–Crippen LogP) is 3.87. The van der Waals surface area contributed by atoms with E-state index in [-0.39, 0.29) is 0 Å². The predicted molar refractivity (Wildman–Crippen MR) is 82.7 cm³/mol. The molecular formula is C15H18F3N5. The van der Waals surface area contributed by atoms with Crippen molar-refractivity contribution in [1.82, 2.24) is 15.2 Å². The molecule has 0 atom stereocenters. The number of nitrogens with zero attached hydrogens (tertiary/aromatic N) is 4. The summed E-state index contributed by atoms with van der Waals surface area (Å²) in [5.41, 5.74) is -0.424. The van der Waals surface area contributed by atoms with Gasteiger partial charge in [-0.15, -0.1) is 5.10 Å². The van der Waals surface area contributed by atoms with Crippen molar-refractivity contribution in [1.29, 1.82) is 0 Å². The van der Waals surface area contributed by atoms with Crippen molar-refractivity contribution in [2.24, 2.45) is 0 Å². The van der Waals surface area contributed by atoms with E-state index >= 15 is 0 Å². The minimum atomic E-state index is -4.38. The number of rotatable bonds is 6. The highest BCUT2D eigenvalue weighted by molar-refractivity contribution is 5.57. The van der Waals surface area contributed by atoms with E-state index in [1.807, 2.05) is 11.9 Å². The summed E-state index contributed by atoms with van der Waals surface area (Å²) in [6.45, 7) is 2.86. The van der Waals surface area contributed by atoms with Gasteiger partial charge in [-0.05, 0) is 24.6 Å². The fourth-order valence-corrected chi connectivity index (χ4v) is 1.93. The molecule has 0 bridgehead atoms. The Kier molecular flexibility index (Phi) is 5.36. The van der Waals surface area contributed by atoms with Crippen LogP contribution in [0.4, 0.5) is 30.6 Å². The van der Waals surface area contributed by atoms with E-state index in [9.17, 15) is 13.2 Å². The lowest BCUT2D eigenvalue weighted by Crippen LogP contribution is -2.21. The quantitative estimate of drug-likeness (QED) is 0.874. The van der Waals surface area contributed by atoms with Crippen LogP contribution in [0.15, 0.2) is 30.5 Å². The monoisotopic (exact) mass is 325 g/mol. The smallest absolute Gasteiger partial charge is 0.343 e. The number of alkyl halides is 3. The van der Waals surface area contributed by atoms with Crippen molar-refractivity contribution < 1.29 is 13.2 Å². The lowest BCUT2D eigenvalue weighted by atomic mass is 10.2. The molecule has 1 heterocycles. The van der Waals surface area contributed by atoms with Gasteiger partial charge in [0.15, 0.2) is 5.82 Å². The van der Waals surface area contributed by atoms with Crippen LogP contribution in [0.3, 0.4) is 0 Å². The van der Waals surface area contributed by atoms with Crippen LogP contribution in [-0.4, -0.2) is 28.8 Å². The molecule has 0 saturated heterocycles. The molecule has 5 nitrogen and oxygen atoms in total. The van der Waals surface area contributed by atoms with Crippen LogP contribution in [0.25, 0.3) is 0 Å². The maximum absolute atomic E-state index is 12.7. The second kappa shape index (κ2) is 7.26. The van der Waals surface area contributed by atoms with Crippen LogP contribution in [-0.2, 0) is 6.18 Å². The lowest BCUT2D eigenvalue weighted by Gasteiger charge is -2.16. The van der Waals surface area contributed by atoms with Gasteiger partial charge in [0.1, 0.15) is 0 Å². The van der Waals surface area contributed by atoms with E-state index in [2.05, 4.69) is 27.4 Å². The average Bonchev–Trinajstić information content (AvgIpc) is 2.52. The maximum atomic E-state index is 12.7. The Morgan fingerprint density at radius 2 is 2.04 bits per heavy atom. The third-order valence-corrected chi connectivity index (χ3v) is 3.20. The highest BCUT2D eigenvalue weighted by atomic mass is 19.4. The van der Waals surface area contributed by atoms with E-state index in [1.54, 1.807) is 0 Å². The summed E-state index contributed by atoms with van der Waals surface area (Å²) in [5.74, 6) is 0.771. The number of unbranched alkanes of at least 4 members (excludes halogenated alkanes) is 1. The van der Waals surface area contributed by atoms with Crippen LogP contribution in [0.5, 0.6) is 0 Å². The Morgan fingerprint density at radius 1 is 1.26 bits per heavy atom. The minimum absolute atomic E-state index is 0.294. The minimum Gasteiger partial charge on any atom is -0.343 e. The topological polar surface area (TPSA) is 53.9 Å². The summed E-state index contributed by atoms with van der Waals surface area (Å²) >= 11 is 0. The Hall–Kier alpha value is -2.38. The Balaban J connectivity index is 2.14. The molecule has 0 amide bonds. The zero-order valence-corrected chi connectivity index (χ0v) is 12.9. The third kappa shape index (κ3) is 4.80. The molecule has 124 valence electrons. The molecule has 0 radical (unpaired) electrons. The SMILES string of the molecule is CCCCN(C)c1nncc(Nc2cccc(C(F)(F)F)c2)n1. The zero-order chi connectivity index (χ0) is 16.9. The molecule has 2 aromatic rings. The summed E-state index contributed by atoms with van der Waals surface area (Å²) in [4.78, 5) is 6.13. The number of nitrogens with one attached hydrogen (secondary N) is 1. The van der Waals surface area contributed by atoms with E-state index in [4.69, 9.17) is 0 Å². The van der Waals surface area contributed by atoms with Gasteiger partial charge in [0.05, 0.1) is 11.8 Å². The lowest BCUT2D eigenvalue weighted by molar-refractivity contribution is -0.137. The Bertz CT molecular complexity index is 645. The van der Waals surface area contributed by atoms with Gasteiger partial charge < -0.3 is 10.2 Å². The molecule has 8 heteroatoms. The molecule has 0 unspecified atom stereocenters. The Morgan fingerprint density at radius 3 is 2.74 bits per heavy atom. The number of hydrogen-bond donors (Lipinski definition) is 1. The summed E-state index contributed by atoms with van der Waals surface area (Å²) in [7, 11) is 1.85. The first-order valence-electron chi connectivity index (χ1n) is 7.25. The van der Waals surface area contributed by atoms with Crippen LogP contribution >= 0.6 is 0 Å². The number of anilines is 3. The molecule has 0 saturated carbocycles. The fourth-order valence-electron chi connectivity index (χ4n) is 1.93. The molecule has 0 spiro atoms. The maximum Gasteiger partial charge on any atom is 0.416 e. The first kappa shape index (κ1) is 17.0. The van der Waals surface area contributed by atoms with Gasteiger partial charge in [0.2, 0.25) is 5.95 Å². The van der Waals surface area contributed by atoms with E-state index < -0.39 is 11.7 Å². The van der Waals surface area contributed by atoms with Crippen molar-refractivity contribution >= 4 is 17.5 Å². The van der Waals surface area contributed by atoms with Crippen LogP contribution in [0.2, 0.25) is 0 Å². The molecule has 1 aromatic heterocycles. The number of benzene rings is 1. The van der Waals surface area contributed by atoms with Crippen molar-refractivity contribution in [2.75, 3.05) is 23.8 Å². The van der Waals surface area contributed by atoms with Gasteiger partial charge >= 0.3 is 6.18 Å². The largest absolute Gasteiger partial charge is 0.416 e. The molecule has 23 heavy (non-hydrogen) atoms. The molecular weight excluding hydrogens is 307 g/mol. The van der Waals surface area contributed by atoms with Gasteiger partial charge in [-0.25, -0.2) is 0 Å². The summed E-state index contributed by atoms with van der Waals surface area (Å²) < 4.78 is 38.2. The molecule has 0 fully saturated rings. The number of hydrogen-bond acceptors (Lipinski definition) is 5. The van der Waals surface area contributed by atoms with Crippen LogP contribution in [0, 0.1) is 0 Å². The fraction of sp³-hybridized carbons (Fsp3) is 0.400. The van der Waals surface area contributed by atoms with E-state index in [1.165, 1.54) is 18.3 Å². The van der Waals surface area contributed by atoms with Crippen LogP contribution < -0.4 is 10.2 Å². The van der Waals surface area contributed by atoms with Crippen LogP contribution in [0.1, 0.15) is 25.3 Å². The Labute approximate surface area is 132 Å². The molecule has 1 aromatic carbocycles. The summed E-state index contributed by atoms with van der Waals surface area (Å²) in [5, 5.41) is 10.6. The standard InChI is InChI=1S/C15H18F3N5/c1-3-4-8-23(2)14-21-13(10-19-22-14)20-12-7-5-6-11(9-12)15(16,17)18/h5-7,9-10H,3-4,8H2,1-2H3,(H,20,21,22). The number of halogens is 3. The average molecular weight is 325 g/mol. The van der Waals surface area contributed by atoms with Crippen molar-refractivity contribution in [2.45, 2.75) is 25.9 Å². The molecule has 1 N–H and O–H groups in total. The summed E-state index contributed by atoms with van der Waals surface area (Å²) in [6.07, 6.45) is -0.977. The highest BCUT2D eigenvalue weighted by Gasteiger charge is 2.30. The summed E-state index contributed by atoms with van der Waals surface area (Å²) in [6, 6.07) is 4.93. The highest BCUT2D eigenvalue weighted by Crippen LogP contribution is 2.31. The number of aromatic nitrogens is 3. The first-order valence-corrected chi connectivity index (χ1v) is 7.25. The van der Waals surface area contributed by atoms with Gasteiger partial charge in [0, 0.05) is 19.3 Å². The zero-order valence-electron chi connectivity index (χ0n) is 12.9. The van der Waals surface area contributed by atoms with Gasteiger partial charge in [-0.1, -0.05) is 19.4 Å². The molecule has 0 aliphatic heterocycles. The molecule has 0 aliphatic carbocycles. The second-order valence-corrected chi connectivity index (χ2v) is 5.12. The van der Waals surface area contributed by atoms with E-state index in [0.717, 1.165) is 31.5 Å². The second-order valence-electron chi connectivity index (χ2n) is 5.12. The normalized spacial score (nSPS) is 11.3. The molecule has 0 aliphatic rings. The molecule has 2 rings (SSSR count).